The Labute approximate surface area is 143 Å². The average Bonchev–Trinajstić information content (AvgIpc) is 2.73. The number of nitrogens with zero attached hydrogens (tertiary/aromatic N) is 2. The van der Waals surface area contributed by atoms with E-state index in [1.54, 1.807) is 0 Å². The van der Waals surface area contributed by atoms with Gasteiger partial charge in [0, 0.05) is 37.3 Å². The number of halogens is 3. The van der Waals surface area contributed by atoms with Crippen molar-refractivity contribution in [2.75, 3.05) is 13.1 Å². The number of aromatic nitrogens is 1. The second kappa shape index (κ2) is 6.82. The second-order valence-corrected chi connectivity index (χ2v) is 6.73. The fourth-order valence-corrected chi connectivity index (χ4v) is 3.05. The highest BCUT2D eigenvalue weighted by Crippen LogP contribution is 2.38. The maximum Gasteiger partial charge on any atom is 0.417 e. The maximum atomic E-state index is 13.0. The Morgan fingerprint density at radius 3 is 2.68 bits per heavy atom. The predicted octanol–water partition coefficient (Wildman–Crippen LogP) is 2.93. The van der Waals surface area contributed by atoms with Gasteiger partial charge in [0.1, 0.15) is 6.10 Å². The van der Waals surface area contributed by atoms with Gasteiger partial charge in [-0.1, -0.05) is 0 Å². The summed E-state index contributed by atoms with van der Waals surface area (Å²) in [6.45, 7) is 0.0361. The number of carbonyl (C=O) groups is 1. The van der Waals surface area contributed by atoms with Crippen molar-refractivity contribution in [3.63, 3.8) is 0 Å². The SMILES string of the molecule is O=C(c1ccnc(OC2CCC2)c1)N1CCCC(O)(C(F)(F)F)CC1. The molecule has 2 fully saturated rings. The Morgan fingerprint density at radius 2 is 2.04 bits per heavy atom. The molecule has 1 saturated carbocycles. The van der Waals surface area contributed by atoms with Crippen molar-refractivity contribution in [2.24, 2.45) is 0 Å². The first-order chi connectivity index (χ1) is 11.8. The molecule has 25 heavy (non-hydrogen) atoms. The van der Waals surface area contributed by atoms with Crippen LogP contribution in [-0.4, -0.2) is 51.9 Å². The standard InChI is InChI=1S/C17H21F3N2O3/c18-17(19,20)16(24)6-2-9-22(10-7-16)15(23)12-5-8-21-14(11-12)25-13-3-1-4-13/h5,8,11,13,24H,1-4,6-7,9-10H2. The maximum absolute atomic E-state index is 13.0. The van der Waals surface area contributed by atoms with Gasteiger partial charge in [0.15, 0.2) is 5.60 Å². The molecule has 1 saturated heterocycles. The second-order valence-electron chi connectivity index (χ2n) is 6.73. The molecule has 138 valence electrons. The zero-order chi connectivity index (χ0) is 18.1. The van der Waals surface area contributed by atoms with E-state index in [0.29, 0.717) is 11.4 Å². The van der Waals surface area contributed by atoms with Gasteiger partial charge in [0.05, 0.1) is 0 Å². The molecule has 0 spiro atoms. The Balaban J connectivity index is 1.67. The molecular weight excluding hydrogens is 337 g/mol. The summed E-state index contributed by atoms with van der Waals surface area (Å²) < 4.78 is 44.6. The third kappa shape index (κ3) is 3.89. The monoisotopic (exact) mass is 358 g/mol. The lowest BCUT2D eigenvalue weighted by Gasteiger charge is -2.29. The number of aliphatic hydroxyl groups is 1. The zero-order valence-corrected chi connectivity index (χ0v) is 13.8. The van der Waals surface area contributed by atoms with Crippen molar-refractivity contribution in [2.45, 2.75) is 56.4 Å². The normalized spacial score (nSPS) is 25.2. The van der Waals surface area contributed by atoms with E-state index >= 15 is 0 Å². The van der Waals surface area contributed by atoms with Gasteiger partial charge in [-0.2, -0.15) is 13.2 Å². The van der Waals surface area contributed by atoms with Crippen LogP contribution >= 0.6 is 0 Å². The van der Waals surface area contributed by atoms with Crippen LogP contribution in [0, 0.1) is 0 Å². The van der Waals surface area contributed by atoms with Gasteiger partial charge in [0.2, 0.25) is 5.88 Å². The molecule has 1 aromatic rings. The lowest BCUT2D eigenvalue weighted by molar-refractivity contribution is -0.263. The van der Waals surface area contributed by atoms with Crippen molar-refractivity contribution < 1.29 is 27.8 Å². The lowest BCUT2D eigenvalue weighted by atomic mass is 9.94. The number of amides is 1. The van der Waals surface area contributed by atoms with Crippen LogP contribution in [0.5, 0.6) is 5.88 Å². The molecule has 1 unspecified atom stereocenters. The number of pyridine rings is 1. The number of hydrogen-bond acceptors (Lipinski definition) is 4. The van der Waals surface area contributed by atoms with E-state index in [1.165, 1.54) is 23.2 Å². The van der Waals surface area contributed by atoms with Crippen LogP contribution < -0.4 is 4.74 Å². The third-order valence-electron chi connectivity index (χ3n) is 4.95. The fourth-order valence-electron chi connectivity index (χ4n) is 3.05. The summed E-state index contributed by atoms with van der Waals surface area (Å²) in [5.41, 5.74) is -2.39. The summed E-state index contributed by atoms with van der Waals surface area (Å²) in [6.07, 6.45) is -0.886. The summed E-state index contributed by atoms with van der Waals surface area (Å²) in [6, 6.07) is 3.05. The van der Waals surface area contributed by atoms with Crippen LogP contribution in [0.4, 0.5) is 13.2 Å². The van der Waals surface area contributed by atoms with Crippen LogP contribution in [0.1, 0.15) is 48.9 Å². The first-order valence-electron chi connectivity index (χ1n) is 8.50. The Kier molecular flexibility index (Phi) is 4.90. The molecule has 3 rings (SSSR count). The fraction of sp³-hybridized carbons (Fsp3) is 0.647. The highest BCUT2D eigenvalue weighted by molar-refractivity contribution is 5.94. The quantitative estimate of drug-likeness (QED) is 0.902. The van der Waals surface area contributed by atoms with Crippen molar-refractivity contribution in [1.82, 2.24) is 9.88 Å². The molecule has 1 aliphatic heterocycles. The van der Waals surface area contributed by atoms with Gasteiger partial charge >= 0.3 is 6.18 Å². The molecule has 0 aromatic carbocycles. The van der Waals surface area contributed by atoms with Gasteiger partial charge in [-0.05, 0) is 38.2 Å². The van der Waals surface area contributed by atoms with E-state index in [2.05, 4.69) is 4.98 Å². The van der Waals surface area contributed by atoms with E-state index in [1.807, 2.05) is 0 Å². The minimum absolute atomic E-state index is 0.0955. The summed E-state index contributed by atoms with van der Waals surface area (Å²) in [4.78, 5) is 18.0. The Morgan fingerprint density at radius 1 is 1.28 bits per heavy atom. The average molecular weight is 358 g/mol. The number of rotatable bonds is 3. The van der Waals surface area contributed by atoms with Crippen LogP contribution in [0.2, 0.25) is 0 Å². The number of hydrogen-bond donors (Lipinski definition) is 1. The molecule has 5 nitrogen and oxygen atoms in total. The number of likely N-dealkylation sites (tertiary alicyclic amines) is 1. The van der Waals surface area contributed by atoms with Crippen molar-refractivity contribution in [3.05, 3.63) is 23.9 Å². The van der Waals surface area contributed by atoms with Crippen LogP contribution in [0.3, 0.4) is 0 Å². The molecule has 1 aromatic heterocycles. The first-order valence-corrected chi connectivity index (χ1v) is 8.50. The lowest BCUT2D eigenvalue weighted by Crippen LogP contribution is -2.46. The Hall–Kier alpha value is -1.83. The highest BCUT2D eigenvalue weighted by Gasteiger charge is 2.53. The van der Waals surface area contributed by atoms with Gasteiger partial charge in [-0.15, -0.1) is 0 Å². The minimum Gasteiger partial charge on any atom is -0.474 e. The third-order valence-corrected chi connectivity index (χ3v) is 4.95. The van der Waals surface area contributed by atoms with Gasteiger partial charge in [-0.3, -0.25) is 4.79 Å². The largest absolute Gasteiger partial charge is 0.474 e. The van der Waals surface area contributed by atoms with Crippen molar-refractivity contribution in [1.29, 1.82) is 0 Å². The van der Waals surface area contributed by atoms with Gasteiger partial charge in [0.25, 0.3) is 5.91 Å². The molecule has 0 bridgehead atoms. The van der Waals surface area contributed by atoms with E-state index in [0.717, 1.165) is 19.3 Å². The number of carbonyl (C=O) groups excluding carboxylic acids is 1. The summed E-state index contributed by atoms with van der Waals surface area (Å²) in [5.74, 6) is -0.00977. The van der Waals surface area contributed by atoms with E-state index in [9.17, 15) is 23.1 Å². The molecule has 1 amide bonds. The topological polar surface area (TPSA) is 62.7 Å². The summed E-state index contributed by atoms with van der Waals surface area (Å²) in [5, 5.41) is 9.84. The molecule has 2 heterocycles. The van der Waals surface area contributed by atoms with Crippen molar-refractivity contribution in [3.8, 4) is 5.88 Å². The first kappa shape index (κ1) is 18.0. The number of ether oxygens (including phenoxy) is 1. The molecule has 0 radical (unpaired) electrons. The molecule has 1 N–H and O–H groups in total. The van der Waals surface area contributed by atoms with E-state index in [-0.39, 0.29) is 31.5 Å². The summed E-state index contributed by atoms with van der Waals surface area (Å²) in [7, 11) is 0. The Bertz CT molecular complexity index is 634. The molecule has 2 aliphatic rings. The van der Waals surface area contributed by atoms with Crippen molar-refractivity contribution >= 4 is 5.91 Å². The smallest absolute Gasteiger partial charge is 0.417 e. The molecular formula is C17H21F3N2O3. The summed E-state index contributed by atoms with van der Waals surface area (Å²) >= 11 is 0. The van der Waals surface area contributed by atoms with Crippen LogP contribution in [0.15, 0.2) is 18.3 Å². The van der Waals surface area contributed by atoms with Crippen LogP contribution in [-0.2, 0) is 0 Å². The molecule has 1 aliphatic carbocycles. The zero-order valence-electron chi connectivity index (χ0n) is 13.8. The van der Waals surface area contributed by atoms with E-state index in [4.69, 9.17) is 4.74 Å². The van der Waals surface area contributed by atoms with Crippen LogP contribution in [0.25, 0.3) is 0 Å². The highest BCUT2D eigenvalue weighted by atomic mass is 19.4. The van der Waals surface area contributed by atoms with Gasteiger partial charge < -0.3 is 14.7 Å². The molecule has 1 atom stereocenters. The number of alkyl halides is 3. The molecule has 8 heteroatoms. The van der Waals surface area contributed by atoms with E-state index < -0.39 is 24.6 Å². The minimum atomic E-state index is -4.69. The van der Waals surface area contributed by atoms with Gasteiger partial charge in [-0.25, -0.2) is 4.98 Å². The predicted molar refractivity (Wildman–Crippen MR) is 83.3 cm³/mol.